The van der Waals surface area contributed by atoms with Crippen LogP contribution in [0.1, 0.15) is 39.0 Å². The Morgan fingerprint density at radius 2 is 1.32 bits per heavy atom. The van der Waals surface area contributed by atoms with Gasteiger partial charge in [0, 0.05) is 12.2 Å². The number of aldehydes is 1. The maximum atomic E-state index is 13.3. The number of hydrogen-bond acceptors (Lipinski definition) is 6. The van der Waals surface area contributed by atoms with Crippen molar-refractivity contribution in [3.8, 4) is 22.9 Å². The molecule has 0 aliphatic heterocycles. The first-order valence-electron chi connectivity index (χ1n) is 13.0. The van der Waals surface area contributed by atoms with Crippen LogP contribution in [0, 0.1) is 0 Å². The van der Waals surface area contributed by atoms with E-state index in [1.165, 1.54) is 0 Å². The van der Waals surface area contributed by atoms with Crippen molar-refractivity contribution in [2.24, 2.45) is 0 Å². The number of benzene rings is 3. The van der Waals surface area contributed by atoms with Crippen LogP contribution in [0.4, 0.5) is 0 Å². The summed E-state index contributed by atoms with van der Waals surface area (Å²) in [4.78, 5) is 27.8. The zero-order valence-corrected chi connectivity index (χ0v) is 23.7. The summed E-state index contributed by atoms with van der Waals surface area (Å²) in [6.45, 7) is 2.63. The summed E-state index contributed by atoms with van der Waals surface area (Å²) in [7, 11) is 7.58. The van der Waals surface area contributed by atoms with Gasteiger partial charge in [0.1, 0.15) is 24.7 Å². The second-order valence-electron chi connectivity index (χ2n) is 9.29. The van der Waals surface area contributed by atoms with Crippen LogP contribution in [0.2, 0.25) is 0 Å². The second-order valence-corrected chi connectivity index (χ2v) is 9.29. The van der Waals surface area contributed by atoms with Gasteiger partial charge in [-0.3, -0.25) is 14.2 Å². The normalized spacial score (nSPS) is 10.3. The highest BCUT2D eigenvalue weighted by atomic mass is 16.5. The van der Waals surface area contributed by atoms with E-state index in [9.17, 15) is 9.59 Å². The van der Waals surface area contributed by atoms with Gasteiger partial charge in [-0.15, -0.1) is 0 Å². The fourth-order valence-corrected chi connectivity index (χ4v) is 3.83. The van der Waals surface area contributed by atoms with Gasteiger partial charge in [0.25, 0.3) is 5.91 Å². The Morgan fingerprint density at radius 1 is 0.825 bits per heavy atom. The van der Waals surface area contributed by atoms with Gasteiger partial charge in [-0.2, -0.15) is 0 Å². The van der Waals surface area contributed by atoms with Crippen molar-refractivity contribution in [1.82, 2.24) is 14.8 Å². The summed E-state index contributed by atoms with van der Waals surface area (Å²) in [5, 5.41) is 2.84. The number of carbonyl (C=O) groups is 2. The van der Waals surface area contributed by atoms with E-state index < -0.39 is 0 Å². The summed E-state index contributed by atoms with van der Waals surface area (Å²) in [6.07, 6.45) is 0.683. The van der Waals surface area contributed by atoms with Crippen LogP contribution in [0.5, 0.6) is 17.2 Å². The average Bonchev–Trinajstić information content (AvgIpc) is 3.29. The van der Waals surface area contributed by atoms with Gasteiger partial charge in [0.05, 0.1) is 7.11 Å². The summed E-state index contributed by atoms with van der Waals surface area (Å²) >= 11 is 0. The number of amides is 1. The lowest BCUT2D eigenvalue weighted by atomic mass is 10.2. The van der Waals surface area contributed by atoms with E-state index in [2.05, 4.69) is 5.32 Å². The standard InChI is InChI=1S/C29H28N2O5.C3H9N/c1-3-30-29(33)26-28(36-20-22-12-8-5-9-13-22)27(35-19-21-10-6-4-7-11-21)25(18-32)31(26)23-14-16-24(34-2)17-15-23;1-4(2)3/h4-18H,3,19-20H2,1-2H3,(H,30,33);1-3H3. The van der Waals surface area contributed by atoms with Crippen LogP contribution in [0.15, 0.2) is 84.9 Å². The minimum Gasteiger partial charge on any atom is -0.497 e. The molecular formula is C32H37N3O5. The van der Waals surface area contributed by atoms with Crippen molar-refractivity contribution in [2.45, 2.75) is 20.1 Å². The van der Waals surface area contributed by atoms with E-state index in [1.807, 2.05) is 93.6 Å². The molecule has 8 nitrogen and oxygen atoms in total. The molecular weight excluding hydrogens is 506 g/mol. The van der Waals surface area contributed by atoms with E-state index in [4.69, 9.17) is 14.2 Å². The summed E-state index contributed by atoms with van der Waals surface area (Å²) < 4.78 is 19.2. The number of rotatable bonds is 11. The van der Waals surface area contributed by atoms with Crippen LogP contribution in [-0.2, 0) is 13.2 Å². The van der Waals surface area contributed by atoms with Gasteiger partial charge in [0.2, 0.25) is 0 Å². The maximum Gasteiger partial charge on any atom is 0.272 e. The lowest BCUT2D eigenvalue weighted by Gasteiger charge is -2.13. The zero-order valence-electron chi connectivity index (χ0n) is 23.7. The third-order valence-electron chi connectivity index (χ3n) is 5.57. The Hall–Kier alpha value is -4.56. The number of carbonyl (C=O) groups excluding carboxylic acids is 2. The van der Waals surface area contributed by atoms with Gasteiger partial charge in [0.15, 0.2) is 23.5 Å². The molecule has 210 valence electrons. The molecule has 0 saturated carbocycles. The number of methoxy groups -OCH3 is 1. The number of hydrogen-bond donors (Lipinski definition) is 1. The second kappa shape index (κ2) is 15.1. The van der Waals surface area contributed by atoms with E-state index in [1.54, 1.807) is 35.9 Å². The van der Waals surface area contributed by atoms with E-state index in [0.29, 0.717) is 24.3 Å². The predicted molar refractivity (Wildman–Crippen MR) is 157 cm³/mol. The molecule has 0 bridgehead atoms. The molecule has 4 aromatic rings. The largest absolute Gasteiger partial charge is 0.497 e. The number of nitrogens with zero attached hydrogens (tertiary/aromatic N) is 2. The van der Waals surface area contributed by atoms with Crippen molar-refractivity contribution >= 4 is 12.2 Å². The SMILES string of the molecule is CCNC(=O)c1c(OCc2ccccc2)c(OCc2ccccc2)c(C=O)n1-c1ccc(OC)cc1.CN(C)C. The predicted octanol–water partition coefficient (Wildman–Crippen LogP) is 5.38. The number of aromatic nitrogens is 1. The maximum absolute atomic E-state index is 13.3. The van der Waals surface area contributed by atoms with Gasteiger partial charge >= 0.3 is 0 Å². The quantitative estimate of drug-likeness (QED) is 0.256. The van der Waals surface area contributed by atoms with E-state index >= 15 is 0 Å². The molecule has 0 aliphatic rings. The molecule has 1 amide bonds. The molecule has 3 aromatic carbocycles. The monoisotopic (exact) mass is 543 g/mol. The Balaban J connectivity index is 0.00000103. The Morgan fingerprint density at radius 3 is 1.77 bits per heavy atom. The molecule has 1 heterocycles. The van der Waals surface area contributed by atoms with Gasteiger partial charge in [-0.05, 0) is 63.5 Å². The van der Waals surface area contributed by atoms with E-state index in [0.717, 1.165) is 11.1 Å². The van der Waals surface area contributed by atoms with Crippen molar-refractivity contribution in [3.63, 3.8) is 0 Å². The van der Waals surface area contributed by atoms with Gasteiger partial charge < -0.3 is 24.4 Å². The molecule has 1 aromatic heterocycles. The number of nitrogens with one attached hydrogen (secondary N) is 1. The van der Waals surface area contributed by atoms with Crippen LogP contribution in [0.3, 0.4) is 0 Å². The fraction of sp³-hybridized carbons (Fsp3) is 0.250. The van der Waals surface area contributed by atoms with Crippen LogP contribution in [-0.4, -0.2) is 56.5 Å². The zero-order chi connectivity index (χ0) is 28.9. The molecule has 0 saturated heterocycles. The average molecular weight is 544 g/mol. The van der Waals surface area contributed by atoms with Crippen molar-refractivity contribution < 1.29 is 23.8 Å². The topological polar surface area (TPSA) is 82.0 Å². The fourth-order valence-electron chi connectivity index (χ4n) is 3.83. The minimum absolute atomic E-state index is 0.181. The van der Waals surface area contributed by atoms with Crippen molar-refractivity contribution in [2.75, 3.05) is 34.8 Å². The highest BCUT2D eigenvalue weighted by Crippen LogP contribution is 2.41. The van der Waals surface area contributed by atoms with Crippen LogP contribution < -0.4 is 19.5 Å². The van der Waals surface area contributed by atoms with Crippen molar-refractivity contribution in [3.05, 3.63) is 107 Å². The Bertz CT molecular complexity index is 1350. The summed E-state index contributed by atoms with van der Waals surface area (Å²) in [6, 6.07) is 26.3. The van der Waals surface area contributed by atoms with E-state index in [-0.39, 0.29) is 42.0 Å². The molecule has 8 heteroatoms. The third-order valence-corrected chi connectivity index (χ3v) is 5.57. The van der Waals surface area contributed by atoms with Gasteiger partial charge in [-0.25, -0.2) is 0 Å². The molecule has 0 atom stereocenters. The van der Waals surface area contributed by atoms with Crippen LogP contribution >= 0.6 is 0 Å². The highest BCUT2D eigenvalue weighted by Gasteiger charge is 2.31. The van der Waals surface area contributed by atoms with Crippen molar-refractivity contribution in [1.29, 1.82) is 0 Å². The molecule has 0 spiro atoms. The molecule has 1 N–H and O–H groups in total. The first-order valence-corrected chi connectivity index (χ1v) is 13.0. The number of ether oxygens (including phenoxy) is 3. The molecule has 0 radical (unpaired) electrons. The molecule has 0 aliphatic carbocycles. The summed E-state index contributed by atoms with van der Waals surface area (Å²) in [5.74, 6) is 0.689. The first kappa shape index (κ1) is 30.0. The molecule has 0 unspecified atom stereocenters. The third kappa shape index (κ3) is 7.97. The van der Waals surface area contributed by atoms with Gasteiger partial charge in [-0.1, -0.05) is 60.7 Å². The smallest absolute Gasteiger partial charge is 0.272 e. The minimum atomic E-state index is -0.381. The van der Waals surface area contributed by atoms with Crippen LogP contribution in [0.25, 0.3) is 5.69 Å². The first-order chi connectivity index (χ1) is 19.4. The Labute approximate surface area is 236 Å². The highest BCUT2D eigenvalue weighted by molar-refractivity contribution is 6.00. The lowest BCUT2D eigenvalue weighted by molar-refractivity contribution is 0.0943. The molecule has 40 heavy (non-hydrogen) atoms. The Kier molecular flexibility index (Phi) is 11.3. The molecule has 4 rings (SSSR count). The summed E-state index contributed by atoms with van der Waals surface area (Å²) in [5.41, 5.74) is 2.79. The molecule has 0 fully saturated rings. The lowest BCUT2D eigenvalue weighted by Crippen LogP contribution is -2.26.